The number of nitrogens with zero attached hydrogens (tertiary/aromatic N) is 2. The molecule has 40 heavy (non-hydrogen) atoms. The molecule has 1 aliphatic heterocycles. The zero-order chi connectivity index (χ0) is 29.2. The molecule has 1 fully saturated rings. The normalized spacial score (nSPS) is 15.1. The standard InChI is InChI=1S/C26H40N4O8S2/c1-35-23-9-7-21(19-25(23)37-3)39(31,32)27-11-5-13-29-15-17-30(18-16-29)14-6-12-28-40(33,34)22-8-10-24(36-2)26(20-22)38-4/h7-10,19-20,27-28H,5-6,11-18H2,1-4H3. The molecule has 224 valence electrons. The van der Waals surface area contributed by atoms with Crippen LogP contribution in [0, 0.1) is 0 Å². The van der Waals surface area contributed by atoms with Crippen LogP contribution < -0.4 is 28.4 Å². The highest BCUT2D eigenvalue weighted by atomic mass is 32.2. The summed E-state index contributed by atoms with van der Waals surface area (Å²) in [7, 11) is -1.38. The molecule has 0 saturated carbocycles. The van der Waals surface area contributed by atoms with Crippen molar-refractivity contribution in [2.24, 2.45) is 0 Å². The molecule has 0 atom stereocenters. The van der Waals surface area contributed by atoms with Crippen LogP contribution in [0.2, 0.25) is 0 Å². The molecule has 1 saturated heterocycles. The summed E-state index contributed by atoms with van der Waals surface area (Å²) in [6.45, 7) is 5.73. The van der Waals surface area contributed by atoms with Gasteiger partial charge in [0.2, 0.25) is 20.0 Å². The van der Waals surface area contributed by atoms with Gasteiger partial charge in [-0.25, -0.2) is 26.3 Å². The van der Waals surface area contributed by atoms with Gasteiger partial charge in [-0.1, -0.05) is 0 Å². The minimum absolute atomic E-state index is 0.129. The van der Waals surface area contributed by atoms with Gasteiger partial charge in [0.1, 0.15) is 0 Å². The van der Waals surface area contributed by atoms with Crippen molar-refractivity contribution in [3.63, 3.8) is 0 Å². The number of nitrogens with one attached hydrogen (secondary N) is 2. The SMILES string of the molecule is COc1ccc(S(=O)(=O)NCCCN2CCN(CCCNS(=O)(=O)c3ccc(OC)c(OC)c3)CC2)cc1OC. The monoisotopic (exact) mass is 600 g/mol. The number of benzene rings is 2. The fraction of sp³-hybridized carbons (Fsp3) is 0.538. The Labute approximate surface area is 237 Å². The summed E-state index contributed by atoms with van der Waals surface area (Å²) in [5.74, 6) is 1.66. The predicted octanol–water partition coefficient (Wildman–Crippen LogP) is 1.38. The van der Waals surface area contributed by atoms with E-state index in [1.165, 1.54) is 52.7 Å². The maximum atomic E-state index is 12.6. The highest BCUT2D eigenvalue weighted by Crippen LogP contribution is 2.30. The lowest BCUT2D eigenvalue weighted by molar-refractivity contribution is 0.131. The third kappa shape index (κ3) is 8.69. The van der Waals surface area contributed by atoms with Crippen LogP contribution in [-0.2, 0) is 20.0 Å². The summed E-state index contributed by atoms with van der Waals surface area (Å²) >= 11 is 0. The van der Waals surface area contributed by atoms with Crippen LogP contribution in [0.5, 0.6) is 23.0 Å². The first-order valence-electron chi connectivity index (χ1n) is 13.0. The lowest BCUT2D eigenvalue weighted by atomic mass is 10.2. The van der Waals surface area contributed by atoms with Crippen LogP contribution >= 0.6 is 0 Å². The molecular formula is C26H40N4O8S2. The van der Waals surface area contributed by atoms with Gasteiger partial charge in [-0.15, -0.1) is 0 Å². The smallest absolute Gasteiger partial charge is 0.240 e. The second kappa shape index (κ2) is 14.8. The predicted molar refractivity (Wildman–Crippen MR) is 152 cm³/mol. The third-order valence-electron chi connectivity index (χ3n) is 6.68. The van der Waals surface area contributed by atoms with Gasteiger partial charge in [-0.3, -0.25) is 0 Å². The number of methoxy groups -OCH3 is 4. The van der Waals surface area contributed by atoms with Crippen LogP contribution in [0.25, 0.3) is 0 Å². The van der Waals surface area contributed by atoms with Gasteiger partial charge in [0.15, 0.2) is 23.0 Å². The Morgan fingerprint density at radius 2 is 0.950 bits per heavy atom. The fourth-order valence-corrected chi connectivity index (χ4v) is 6.57. The van der Waals surface area contributed by atoms with Gasteiger partial charge < -0.3 is 28.7 Å². The lowest BCUT2D eigenvalue weighted by Crippen LogP contribution is -2.47. The average molecular weight is 601 g/mol. The minimum atomic E-state index is -3.65. The van der Waals surface area contributed by atoms with E-state index in [2.05, 4.69) is 19.2 Å². The average Bonchev–Trinajstić information content (AvgIpc) is 2.97. The molecule has 0 unspecified atom stereocenters. The Morgan fingerprint density at radius 1 is 0.600 bits per heavy atom. The van der Waals surface area contributed by atoms with E-state index in [1.807, 2.05) is 0 Å². The first kappa shape index (κ1) is 31.9. The molecule has 14 heteroatoms. The van der Waals surface area contributed by atoms with Crippen molar-refractivity contribution >= 4 is 20.0 Å². The zero-order valence-electron chi connectivity index (χ0n) is 23.5. The van der Waals surface area contributed by atoms with E-state index in [0.29, 0.717) is 48.9 Å². The van der Waals surface area contributed by atoms with Gasteiger partial charge in [-0.2, -0.15) is 0 Å². The second-order valence-electron chi connectivity index (χ2n) is 9.22. The van der Waals surface area contributed by atoms with Crippen LogP contribution in [0.15, 0.2) is 46.2 Å². The van der Waals surface area contributed by atoms with E-state index in [4.69, 9.17) is 18.9 Å². The van der Waals surface area contributed by atoms with E-state index in [0.717, 1.165) is 39.3 Å². The van der Waals surface area contributed by atoms with Gasteiger partial charge in [-0.05, 0) is 50.2 Å². The first-order chi connectivity index (χ1) is 19.1. The van der Waals surface area contributed by atoms with Crippen LogP contribution in [0.3, 0.4) is 0 Å². The van der Waals surface area contributed by atoms with Crippen LogP contribution in [0.1, 0.15) is 12.8 Å². The molecule has 0 amide bonds. The van der Waals surface area contributed by atoms with E-state index in [-0.39, 0.29) is 9.79 Å². The molecule has 3 rings (SSSR count). The minimum Gasteiger partial charge on any atom is -0.493 e. The van der Waals surface area contributed by atoms with Crippen molar-refractivity contribution in [3.8, 4) is 23.0 Å². The third-order valence-corrected chi connectivity index (χ3v) is 9.60. The molecule has 0 aliphatic carbocycles. The molecule has 1 aliphatic rings. The molecule has 1 heterocycles. The van der Waals surface area contributed by atoms with E-state index in [9.17, 15) is 16.8 Å². The zero-order valence-corrected chi connectivity index (χ0v) is 25.1. The van der Waals surface area contributed by atoms with Crippen molar-refractivity contribution in [1.82, 2.24) is 19.2 Å². The summed E-state index contributed by atoms with van der Waals surface area (Å²) in [5, 5.41) is 0. The van der Waals surface area contributed by atoms with E-state index in [1.54, 1.807) is 12.1 Å². The number of sulfonamides is 2. The summed E-state index contributed by atoms with van der Waals surface area (Å²) in [6.07, 6.45) is 1.37. The van der Waals surface area contributed by atoms with Gasteiger partial charge in [0.05, 0.1) is 38.2 Å². The molecule has 0 radical (unpaired) electrons. The van der Waals surface area contributed by atoms with Crippen LogP contribution in [0.4, 0.5) is 0 Å². The molecular weight excluding hydrogens is 560 g/mol. The fourth-order valence-electron chi connectivity index (χ4n) is 4.39. The largest absolute Gasteiger partial charge is 0.493 e. The lowest BCUT2D eigenvalue weighted by Gasteiger charge is -2.34. The molecule has 2 aromatic carbocycles. The topological polar surface area (TPSA) is 136 Å². The van der Waals surface area contributed by atoms with Crippen molar-refractivity contribution in [1.29, 1.82) is 0 Å². The van der Waals surface area contributed by atoms with Gasteiger partial charge in [0, 0.05) is 51.4 Å². The molecule has 0 bridgehead atoms. The molecule has 12 nitrogen and oxygen atoms in total. The number of ether oxygens (including phenoxy) is 4. The molecule has 0 aromatic heterocycles. The molecule has 0 spiro atoms. The Bertz CT molecular complexity index is 1210. The Hall–Kier alpha value is -2.62. The number of rotatable bonds is 16. The molecule has 2 aromatic rings. The summed E-state index contributed by atoms with van der Waals surface area (Å²) in [6, 6.07) is 9.01. The quantitative estimate of drug-likeness (QED) is 0.272. The summed E-state index contributed by atoms with van der Waals surface area (Å²) in [5.41, 5.74) is 0. The maximum Gasteiger partial charge on any atom is 0.240 e. The first-order valence-corrected chi connectivity index (χ1v) is 16.0. The Morgan fingerprint density at radius 3 is 1.27 bits per heavy atom. The number of hydrogen-bond acceptors (Lipinski definition) is 10. The highest BCUT2D eigenvalue weighted by molar-refractivity contribution is 7.89. The number of piperazine rings is 1. The van der Waals surface area contributed by atoms with Crippen LogP contribution in [-0.4, -0.2) is 107 Å². The number of hydrogen-bond donors (Lipinski definition) is 2. The Kier molecular flexibility index (Phi) is 11.8. The Balaban J connectivity index is 1.33. The van der Waals surface area contributed by atoms with Crippen molar-refractivity contribution < 1.29 is 35.8 Å². The van der Waals surface area contributed by atoms with Crippen molar-refractivity contribution in [2.75, 3.05) is 80.8 Å². The summed E-state index contributed by atoms with van der Waals surface area (Å²) < 4.78 is 76.6. The molecule has 2 N–H and O–H groups in total. The van der Waals surface area contributed by atoms with E-state index < -0.39 is 20.0 Å². The second-order valence-corrected chi connectivity index (χ2v) is 12.8. The van der Waals surface area contributed by atoms with Gasteiger partial charge in [0.25, 0.3) is 0 Å². The highest BCUT2D eigenvalue weighted by Gasteiger charge is 2.20. The summed E-state index contributed by atoms with van der Waals surface area (Å²) in [4.78, 5) is 4.87. The van der Waals surface area contributed by atoms with Gasteiger partial charge >= 0.3 is 0 Å². The van der Waals surface area contributed by atoms with Crippen molar-refractivity contribution in [3.05, 3.63) is 36.4 Å². The van der Waals surface area contributed by atoms with E-state index >= 15 is 0 Å². The van der Waals surface area contributed by atoms with Crippen molar-refractivity contribution in [2.45, 2.75) is 22.6 Å². The maximum absolute atomic E-state index is 12.6.